The Morgan fingerprint density at radius 2 is 2.00 bits per heavy atom. The summed E-state index contributed by atoms with van der Waals surface area (Å²) < 4.78 is 22.7. The maximum absolute atomic E-state index is 11.3. The number of aryl methyl sites for hydroxylation is 1. The molecular formula is C13H19NO3S2. The molecule has 2 N–H and O–H groups in total. The monoisotopic (exact) mass is 301 g/mol. The van der Waals surface area contributed by atoms with E-state index in [-0.39, 0.29) is 17.5 Å². The minimum atomic E-state index is -3.06. The fourth-order valence-corrected chi connectivity index (χ4v) is 4.63. The van der Waals surface area contributed by atoms with E-state index in [1.165, 1.54) is 10.5 Å². The van der Waals surface area contributed by atoms with Crippen molar-refractivity contribution in [3.63, 3.8) is 0 Å². The van der Waals surface area contributed by atoms with Gasteiger partial charge in [-0.2, -0.15) is 0 Å². The molecule has 1 fully saturated rings. The van der Waals surface area contributed by atoms with Crippen LogP contribution in [0.1, 0.15) is 5.56 Å². The molecule has 0 saturated carbocycles. The average Bonchev–Trinajstić information content (AvgIpc) is 2.60. The lowest BCUT2D eigenvalue weighted by Crippen LogP contribution is -2.39. The molecule has 0 bridgehead atoms. The minimum absolute atomic E-state index is 0.0450. The van der Waals surface area contributed by atoms with Crippen LogP contribution in [0.2, 0.25) is 0 Å². The van der Waals surface area contributed by atoms with Crippen LogP contribution < -0.4 is 5.32 Å². The van der Waals surface area contributed by atoms with Crippen molar-refractivity contribution in [2.45, 2.75) is 24.0 Å². The molecule has 0 aromatic heterocycles. The summed E-state index contributed by atoms with van der Waals surface area (Å²) in [6.45, 7) is 2.74. The van der Waals surface area contributed by atoms with Crippen molar-refractivity contribution >= 4 is 21.6 Å². The van der Waals surface area contributed by atoms with Gasteiger partial charge in [0.05, 0.1) is 17.6 Å². The van der Waals surface area contributed by atoms with E-state index >= 15 is 0 Å². The van der Waals surface area contributed by atoms with Crippen molar-refractivity contribution < 1.29 is 13.5 Å². The van der Waals surface area contributed by atoms with Crippen LogP contribution in [0.4, 0.5) is 0 Å². The van der Waals surface area contributed by atoms with Gasteiger partial charge in [-0.15, -0.1) is 11.8 Å². The molecule has 1 aliphatic heterocycles. The maximum Gasteiger partial charge on any atom is 0.154 e. The molecule has 6 heteroatoms. The standard InChI is InChI=1S/C13H19NO3S2/c1-10-2-4-11(5-3-10)18-7-6-14-12-8-19(16,17)9-13(12)15/h2-5,12-15H,6-9H2,1H3/t12-,13+/m1/s1. The molecule has 4 nitrogen and oxygen atoms in total. The number of thioether (sulfide) groups is 1. The van der Waals surface area contributed by atoms with Crippen LogP contribution in [0.15, 0.2) is 29.2 Å². The average molecular weight is 301 g/mol. The van der Waals surface area contributed by atoms with Crippen molar-refractivity contribution in [3.05, 3.63) is 29.8 Å². The highest BCUT2D eigenvalue weighted by molar-refractivity contribution is 7.99. The van der Waals surface area contributed by atoms with Crippen molar-refractivity contribution in [2.24, 2.45) is 0 Å². The Hall–Kier alpha value is -0.560. The van der Waals surface area contributed by atoms with E-state index in [0.29, 0.717) is 6.54 Å². The first kappa shape index (κ1) is 14.8. The van der Waals surface area contributed by atoms with E-state index in [1.807, 2.05) is 0 Å². The SMILES string of the molecule is Cc1ccc(SCCN[C@@H]2CS(=O)(=O)C[C@@H]2O)cc1. The maximum atomic E-state index is 11.3. The van der Waals surface area contributed by atoms with Gasteiger partial charge in [-0.1, -0.05) is 17.7 Å². The molecule has 0 amide bonds. The normalized spacial score (nSPS) is 25.6. The highest BCUT2D eigenvalue weighted by Gasteiger charge is 2.35. The van der Waals surface area contributed by atoms with Gasteiger partial charge in [-0.05, 0) is 19.1 Å². The van der Waals surface area contributed by atoms with Gasteiger partial charge in [-0.25, -0.2) is 8.42 Å². The lowest BCUT2D eigenvalue weighted by molar-refractivity contribution is 0.167. The summed E-state index contributed by atoms with van der Waals surface area (Å²) in [6, 6.07) is 7.99. The molecule has 106 valence electrons. The van der Waals surface area contributed by atoms with Crippen LogP contribution in [-0.4, -0.2) is 49.5 Å². The summed E-state index contributed by atoms with van der Waals surface area (Å²) in [5, 5.41) is 12.7. The third-order valence-corrected chi connectivity index (χ3v) is 5.85. The number of benzene rings is 1. The van der Waals surface area contributed by atoms with E-state index < -0.39 is 15.9 Å². The van der Waals surface area contributed by atoms with Gasteiger partial charge in [0.25, 0.3) is 0 Å². The van der Waals surface area contributed by atoms with Crippen molar-refractivity contribution in [2.75, 3.05) is 23.8 Å². The topological polar surface area (TPSA) is 66.4 Å². The molecule has 2 rings (SSSR count). The van der Waals surface area contributed by atoms with Crippen molar-refractivity contribution in [1.82, 2.24) is 5.32 Å². The smallest absolute Gasteiger partial charge is 0.154 e. The third-order valence-electron chi connectivity index (χ3n) is 3.12. The fourth-order valence-electron chi connectivity index (χ4n) is 2.07. The molecule has 1 heterocycles. The molecule has 0 aliphatic carbocycles. The molecule has 1 aromatic rings. The molecule has 2 atom stereocenters. The molecular weight excluding hydrogens is 282 g/mol. The number of nitrogens with one attached hydrogen (secondary N) is 1. The Balaban J connectivity index is 1.71. The lowest BCUT2D eigenvalue weighted by atomic mass is 10.2. The lowest BCUT2D eigenvalue weighted by Gasteiger charge is -2.14. The summed E-state index contributed by atoms with van der Waals surface area (Å²) in [5.74, 6) is 0.783. The quantitative estimate of drug-likeness (QED) is 0.623. The molecule has 1 aliphatic rings. The van der Waals surface area contributed by atoms with Crippen molar-refractivity contribution in [3.8, 4) is 0 Å². The van der Waals surface area contributed by atoms with Crippen LogP contribution in [0.25, 0.3) is 0 Å². The van der Waals surface area contributed by atoms with Crippen LogP contribution in [-0.2, 0) is 9.84 Å². The highest BCUT2D eigenvalue weighted by Crippen LogP contribution is 2.18. The van der Waals surface area contributed by atoms with E-state index in [9.17, 15) is 13.5 Å². The van der Waals surface area contributed by atoms with E-state index in [1.54, 1.807) is 11.8 Å². The minimum Gasteiger partial charge on any atom is -0.390 e. The summed E-state index contributed by atoms with van der Waals surface area (Å²) in [6.07, 6.45) is -0.769. The van der Waals surface area contributed by atoms with Gasteiger partial charge in [0, 0.05) is 23.2 Å². The summed E-state index contributed by atoms with van der Waals surface area (Å²) in [7, 11) is -3.06. The largest absolute Gasteiger partial charge is 0.390 e. The Kier molecular flexibility index (Phi) is 4.89. The molecule has 1 aromatic carbocycles. The first-order valence-electron chi connectivity index (χ1n) is 6.28. The zero-order valence-electron chi connectivity index (χ0n) is 10.9. The second-order valence-corrected chi connectivity index (χ2v) is 8.19. The molecule has 0 radical (unpaired) electrons. The van der Waals surface area contributed by atoms with Crippen molar-refractivity contribution in [1.29, 1.82) is 0 Å². The van der Waals surface area contributed by atoms with Gasteiger partial charge >= 0.3 is 0 Å². The Bertz CT molecular complexity index is 513. The third kappa shape index (κ3) is 4.49. The highest BCUT2D eigenvalue weighted by atomic mass is 32.2. The number of rotatable bonds is 5. The second kappa shape index (κ2) is 6.26. The summed E-state index contributed by atoms with van der Waals surface area (Å²) in [4.78, 5) is 1.20. The van der Waals surface area contributed by atoms with Crippen LogP contribution in [0.5, 0.6) is 0 Å². The first-order chi connectivity index (χ1) is 8.96. The van der Waals surface area contributed by atoms with Gasteiger partial charge in [-0.3, -0.25) is 0 Å². The van der Waals surface area contributed by atoms with Crippen LogP contribution >= 0.6 is 11.8 Å². The zero-order chi connectivity index (χ0) is 13.9. The number of hydrogen-bond donors (Lipinski definition) is 2. The Morgan fingerprint density at radius 1 is 1.32 bits per heavy atom. The zero-order valence-corrected chi connectivity index (χ0v) is 12.5. The number of sulfone groups is 1. The summed E-state index contributed by atoms with van der Waals surface area (Å²) >= 11 is 1.72. The Morgan fingerprint density at radius 3 is 2.58 bits per heavy atom. The van der Waals surface area contributed by atoms with Gasteiger partial charge in [0.1, 0.15) is 0 Å². The van der Waals surface area contributed by atoms with Gasteiger partial charge in [0.2, 0.25) is 0 Å². The van der Waals surface area contributed by atoms with Crippen LogP contribution in [0, 0.1) is 6.92 Å². The van der Waals surface area contributed by atoms with Crippen LogP contribution in [0.3, 0.4) is 0 Å². The predicted molar refractivity (Wildman–Crippen MR) is 78.4 cm³/mol. The van der Waals surface area contributed by atoms with E-state index in [0.717, 1.165) is 5.75 Å². The van der Waals surface area contributed by atoms with Gasteiger partial charge < -0.3 is 10.4 Å². The van der Waals surface area contributed by atoms with E-state index in [2.05, 4.69) is 36.5 Å². The molecule has 0 spiro atoms. The predicted octanol–water partition coefficient (Wildman–Crippen LogP) is 0.835. The first-order valence-corrected chi connectivity index (χ1v) is 9.08. The molecule has 19 heavy (non-hydrogen) atoms. The molecule has 0 unspecified atom stereocenters. The summed E-state index contributed by atoms with van der Waals surface area (Å²) in [5.41, 5.74) is 1.24. The number of hydrogen-bond acceptors (Lipinski definition) is 5. The molecule has 1 saturated heterocycles. The number of aliphatic hydroxyl groups is 1. The van der Waals surface area contributed by atoms with Gasteiger partial charge in [0.15, 0.2) is 9.84 Å². The number of aliphatic hydroxyl groups excluding tert-OH is 1. The fraction of sp³-hybridized carbons (Fsp3) is 0.538. The van der Waals surface area contributed by atoms with E-state index in [4.69, 9.17) is 0 Å². The second-order valence-electron chi connectivity index (χ2n) is 4.87. The Labute approximate surface area is 118 Å².